The maximum absolute atomic E-state index is 12.2. The number of rotatable bonds is 4. The highest BCUT2D eigenvalue weighted by atomic mass is 35.5. The van der Waals surface area contributed by atoms with Crippen molar-refractivity contribution in [2.24, 2.45) is 5.73 Å². The summed E-state index contributed by atoms with van der Waals surface area (Å²) in [6, 6.07) is 4.02. The Balaban J connectivity index is 0.00000242. The van der Waals surface area contributed by atoms with E-state index in [-0.39, 0.29) is 29.1 Å². The van der Waals surface area contributed by atoms with Crippen molar-refractivity contribution < 1.29 is 23.0 Å². The molecule has 1 aromatic rings. The van der Waals surface area contributed by atoms with Gasteiger partial charge in [-0.25, -0.2) is 0 Å². The number of carbonyl (C=O) groups excluding carboxylic acids is 1. The molecule has 1 aromatic carbocycles. The van der Waals surface area contributed by atoms with Gasteiger partial charge in [-0.15, -0.1) is 12.4 Å². The zero-order valence-electron chi connectivity index (χ0n) is 11.5. The van der Waals surface area contributed by atoms with E-state index in [1.54, 1.807) is 0 Å². The number of nitrogens with one attached hydrogen (secondary N) is 1. The molecule has 1 aliphatic rings. The minimum Gasteiger partial charge on any atom is -0.433 e. The van der Waals surface area contributed by atoms with Crippen molar-refractivity contribution in [2.45, 2.75) is 25.0 Å². The number of ether oxygens (including phenoxy) is 2. The van der Waals surface area contributed by atoms with Crippen LogP contribution in [-0.2, 0) is 9.53 Å². The maximum atomic E-state index is 12.2. The molecule has 0 unspecified atom stereocenters. The Morgan fingerprint density at radius 3 is 2.59 bits per heavy atom. The van der Waals surface area contributed by atoms with Gasteiger partial charge in [0.15, 0.2) is 0 Å². The van der Waals surface area contributed by atoms with E-state index in [9.17, 15) is 13.6 Å². The molecular formula is C13H16Cl2F2N2O3. The SMILES string of the molecule is Cl.NC1(C(=O)Nc2ccc(OC(F)F)c(Cl)c2)CCOCC1. The number of amides is 1. The van der Waals surface area contributed by atoms with Crippen LogP contribution in [0.5, 0.6) is 5.75 Å². The van der Waals surface area contributed by atoms with Crippen molar-refractivity contribution >= 4 is 35.6 Å². The minimum absolute atomic E-state index is 0. The quantitative estimate of drug-likeness (QED) is 0.869. The summed E-state index contributed by atoms with van der Waals surface area (Å²) in [7, 11) is 0. The van der Waals surface area contributed by atoms with Gasteiger partial charge in [0.05, 0.1) is 5.02 Å². The van der Waals surface area contributed by atoms with Gasteiger partial charge in [0.1, 0.15) is 11.3 Å². The molecule has 0 bridgehead atoms. The zero-order chi connectivity index (χ0) is 15.5. The third kappa shape index (κ3) is 4.67. The summed E-state index contributed by atoms with van der Waals surface area (Å²) in [4.78, 5) is 12.2. The Bertz CT molecular complexity index is 526. The molecule has 5 nitrogen and oxygen atoms in total. The van der Waals surface area contributed by atoms with Crippen LogP contribution in [0, 0.1) is 0 Å². The van der Waals surface area contributed by atoms with E-state index in [1.807, 2.05) is 0 Å². The van der Waals surface area contributed by atoms with E-state index >= 15 is 0 Å². The molecular weight excluding hydrogens is 341 g/mol. The van der Waals surface area contributed by atoms with Crippen molar-refractivity contribution in [3.8, 4) is 5.75 Å². The second kappa shape index (κ2) is 7.92. The average Bonchev–Trinajstić information content (AvgIpc) is 2.42. The smallest absolute Gasteiger partial charge is 0.387 e. The summed E-state index contributed by atoms with van der Waals surface area (Å²) in [5.41, 5.74) is 5.40. The Kier molecular flexibility index (Phi) is 6.80. The number of alkyl halides is 2. The van der Waals surface area contributed by atoms with Crippen molar-refractivity contribution in [2.75, 3.05) is 18.5 Å². The van der Waals surface area contributed by atoms with Gasteiger partial charge in [-0.3, -0.25) is 4.79 Å². The third-order valence-electron chi connectivity index (χ3n) is 3.24. The highest BCUT2D eigenvalue weighted by molar-refractivity contribution is 6.32. The van der Waals surface area contributed by atoms with Crippen LogP contribution in [0.3, 0.4) is 0 Å². The number of nitrogens with two attached hydrogens (primary N) is 1. The van der Waals surface area contributed by atoms with Gasteiger partial charge in [0.25, 0.3) is 0 Å². The van der Waals surface area contributed by atoms with Crippen LogP contribution < -0.4 is 15.8 Å². The highest BCUT2D eigenvalue weighted by Crippen LogP contribution is 2.29. The number of hydrogen-bond acceptors (Lipinski definition) is 4. The van der Waals surface area contributed by atoms with Gasteiger partial charge in [-0.1, -0.05) is 11.6 Å². The lowest BCUT2D eigenvalue weighted by molar-refractivity contribution is -0.124. The molecule has 124 valence electrons. The Morgan fingerprint density at radius 1 is 1.41 bits per heavy atom. The van der Waals surface area contributed by atoms with Gasteiger partial charge in [0, 0.05) is 18.9 Å². The van der Waals surface area contributed by atoms with Crippen molar-refractivity contribution in [3.63, 3.8) is 0 Å². The number of anilines is 1. The molecule has 1 aliphatic heterocycles. The fraction of sp³-hybridized carbons (Fsp3) is 0.462. The van der Waals surface area contributed by atoms with E-state index in [2.05, 4.69) is 10.1 Å². The number of hydrogen-bond donors (Lipinski definition) is 2. The van der Waals surface area contributed by atoms with Gasteiger partial charge >= 0.3 is 6.61 Å². The van der Waals surface area contributed by atoms with Gasteiger partial charge in [-0.2, -0.15) is 8.78 Å². The maximum Gasteiger partial charge on any atom is 0.387 e. The fourth-order valence-corrected chi connectivity index (χ4v) is 2.21. The van der Waals surface area contributed by atoms with E-state index in [0.29, 0.717) is 31.7 Å². The van der Waals surface area contributed by atoms with Crippen molar-refractivity contribution in [1.82, 2.24) is 0 Å². The normalized spacial score (nSPS) is 16.8. The molecule has 1 amide bonds. The van der Waals surface area contributed by atoms with Crippen LogP contribution in [-0.4, -0.2) is 31.3 Å². The Morgan fingerprint density at radius 2 is 2.05 bits per heavy atom. The monoisotopic (exact) mass is 356 g/mol. The van der Waals surface area contributed by atoms with Gasteiger partial charge < -0.3 is 20.5 Å². The molecule has 2 rings (SSSR count). The molecule has 0 aliphatic carbocycles. The summed E-state index contributed by atoms with van der Waals surface area (Å²) in [5, 5.41) is 2.60. The summed E-state index contributed by atoms with van der Waals surface area (Å²) in [5.74, 6) is -0.511. The summed E-state index contributed by atoms with van der Waals surface area (Å²) < 4.78 is 33.6. The lowest BCUT2D eigenvalue weighted by atomic mass is 9.90. The van der Waals surface area contributed by atoms with Gasteiger partial charge in [0.2, 0.25) is 5.91 Å². The molecule has 22 heavy (non-hydrogen) atoms. The van der Waals surface area contributed by atoms with Crippen LogP contribution in [0.2, 0.25) is 5.02 Å². The number of halogens is 4. The van der Waals surface area contributed by atoms with E-state index in [0.717, 1.165) is 0 Å². The predicted octanol–water partition coefficient (Wildman–Crippen LogP) is 2.81. The second-order valence-electron chi connectivity index (χ2n) is 4.75. The average molecular weight is 357 g/mol. The standard InChI is InChI=1S/C13H15ClF2N2O3.ClH/c14-9-7-8(1-2-10(9)21-12(15)16)18-11(19)13(17)3-5-20-6-4-13;/h1-2,7,12H,3-6,17H2,(H,18,19);1H. The second-order valence-corrected chi connectivity index (χ2v) is 5.15. The molecule has 0 spiro atoms. The molecule has 9 heteroatoms. The lowest BCUT2D eigenvalue weighted by Crippen LogP contribution is -2.54. The highest BCUT2D eigenvalue weighted by Gasteiger charge is 2.35. The summed E-state index contributed by atoms with van der Waals surface area (Å²) in [6.45, 7) is -2.12. The first-order valence-corrected chi connectivity index (χ1v) is 6.71. The first-order valence-electron chi connectivity index (χ1n) is 6.33. The Labute approximate surface area is 137 Å². The third-order valence-corrected chi connectivity index (χ3v) is 3.54. The summed E-state index contributed by atoms with van der Waals surface area (Å²) >= 11 is 5.82. The van der Waals surface area contributed by atoms with E-state index in [1.165, 1.54) is 18.2 Å². The molecule has 0 saturated carbocycles. The molecule has 1 heterocycles. The molecule has 0 aromatic heterocycles. The lowest BCUT2D eigenvalue weighted by Gasteiger charge is -2.31. The first-order chi connectivity index (χ1) is 9.90. The molecule has 1 fully saturated rings. The fourth-order valence-electron chi connectivity index (χ4n) is 1.99. The molecule has 3 N–H and O–H groups in total. The zero-order valence-corrected chi connectivity index (χ0v) is 13.1. The molecule has 0 atom stereocenters. The van der Waals surface area contributed by atoms with Crippen molar-refractivity contribution in [3.05, 3.63) is 23.2 Å². The van der Waals surface area contributed by atoms with Crippen LogP contribution in [0.1, 0.15) is 12.8 Å². The number of benzene rings is 1. The van der Waals surface area contributed by atoms with Crippen molar-refractivity contribution in [1.29, 1.82) is 0 Å². The van der Waals surface area contributed by atoms with Crippen LogP contribution in [0.4, 0.5) is 14.5 Å². The van der Waals surface area contributed by atoms with Gasteiger partial charge in [-0.05, 0) is 31.0 Å². The predicted molar refractivity (Wildman–Crippen MR) is 80.9 cm³/mol. The Hall–Kier alpha value is -1.15. The van der Waals surface area contributed by atoms with Crippen LogP contribution >= 0.6 is 24.0 Å². The minimum atomic E-state index is -2.96. The molecule has 1 saturated heterocycles. The van der Waals surface area contributed by atoms with E-state index in [4.69, 9.17) is 22.1 Å². The largest absolute Gasteiger partial charge is 0.433 e. The topological polar surface area (TPSA) is 73.6 Å². The number of carbonyl (C=O) groups is 1. The van der Waals surface area contributed by atoms with Crippen LogP contribution in [0.25, 0.3) is 0 Å². The summed E-state index contributed by atoms with van der Waals surface area (Å²) in [6.07, 6.45) is 0.832. The van der Waals surface area contributed by atoms with Crippen LogP contribution in [0.15, 0.2) is 18.2 Å². The first kappa shape index (κ1) is 18.9. The molecule has 0 radical (unpaired) electrons. The van der Waals surface area contributed by atoms with E-state index < -0.39 is 12.2 Å².